The summed E-state index contributed by atoms with van der Waals surface area (Å²) in [5.74, 6) is -3.83. The fourth-order valence-electron chi connectivity index (χ4n) is 3.79. The van der Waals surface area contributed by atoms with Crippen LogP contribution in [-0.4, -0.2) is 54.3 Å². The first-order valence-corrected chi connectivity index (χ1v) is 9.69. The Hall–Kier alpha value is -3.54. The summed E-state index contributed by atoms with van der Waals surface area (Å²) in [5, 5.41) is 9.90. The average Bonchev–Trinajstić information content (AvgIpc) is 2.96. The van der Waals surface area contributed by atoms with Gasteiger partial charge in [-0.2, -0.15) is 17.6 Å². The molecule has 33 heavy (non-hydrogen) atoms. The fourth-order valence-corrected chi connectivity index (χ4v) is 3.79. The predicted octanol–water partition coefficient (Wildman–Crippen LogP) is 3.13. The van der Waals surface area contributed by atoms with Gasteiger partial charge in [-0.1, -0.05) is 0 Å². The average molecular weight is 469 g/mol. The molecule has 3 heterocycles. The number of hydrogen-bond donors (Lipinski definition) is 2. The maximum atomic E-state index is 13.2. The summed E-state index contributed by atoms with van der Waals surface area (Å²) in [7, 11) is 1.77. The normalized spacial score (nSPS) is 16.6. The highest BCUT2D eigenvalue weighted by atomic mass is 19.4. The highest BCUT2D eigenvalue weighted by Crippen LogP contribution is 2.47. The number of amides is 2. The van der Waals surface area contributed by atoms with E-state index in [9.17, 15) is 27.2 Å². The number of carboxylic acids is 1. The number of pyridine rings is 1. The Morgan fingerprint density at radius 2 is 1.82 bits per heavy atom. The van der Waals surface area contributed by atoms with E-state index >= 15 is 0 Å². The van der Waals surface area contributed by atoms with Gasteiger partial charge in [0.1, 0.15) is 0 Å². The number of carbonyl (C=O) groups excluding carboxylic acids is 2. The van der Waals surface area contributed by atoms with Crippen molar-refractivity contribution >= 4 is 29.2 Å². The van der Waals surface area contributed by atoms with E-state index in [1.54, 1.807) is 18.0 Å². The first-order valence-electron chi connectivity index (χ1n) is 9.69. The molecule has 1 aromatic heterocycles. The Labute approximate surface area is 185 Å². The second-order valence-electron chi connectivity index (χ2n) is 7.41. The van der Waals surface area contributed by atoms with Crippen LogP contribution in [0.5, 0.6) is 0 Å². The largest absolute Gasteiger partial charge is 0.490 e. The van der Waals surface area contributed by atoms with Crippen molar-refractivity contribution in [2.75, 3.05) is 30.5 Å². The molecule has 0 atom stereocenters. The van der Waals surface area contributed by atoms with E-state index < -0.39 is 29.4 Å². The van der Waals surface area contributed by atoms with Crippen molar-refractivity contribution in [3.63, 3.8) is 0 Å². The molecule has 1 fully saturated rings. The number of likely N-dealkylation sites (N-methyl/N-ethyl adjacent to an activating group) is 1. The summed E-state index contributed by atoms with van der Waals surface area (Å²) < 4.78 is 50.4. The molecule has 1 saturated heterocycles. The molecule has 2 N–H and O–H groups in total. The molecule has 2 aliphatic rings. The second-order valence-corrected chi connectivity index (χ2v) is 7.41. The third kappa shape index (κ3) is 4.95. The van der Waals surface area contributed by atoms with Crippen molar-refractivity contribution in [2.45, 2.75) is 24.4 Å². The predicted molar refractivity (Wildman–Crippen MR) is 107 cm³/mol. The van der Waals surface area contributed by atoms with Crippen molar-refractivity contribution in [1.82, 2.24) is 4.98 Å². The Bertz CT molecular complexity index is 1080. The number of aromatic nitrogens is 1. The number of fused-ring (bicyclic) bond motifs is 2. The maximum absolute atomic E-state index is 13.2. The lowest BCUT2D eigenvalue weighted by Crippen LogP contribution is -2.42. The van der Waals surface area contributed by atoms with Crippen LogP contribution in [0.15, 0.2) is 36.5 Å². The van der Waals surface area contributed by atoms with E-state index in [1.807, 2.05) is 12.1 Å². The smallest absolute Gasteiger partial charge is 0.475 e. The van der Waals surface area contributed by atoms with Crippen LogP contribution in [0.25, 0.3) is 0 Å². The van der Waals surface area contributed by atoms with Crippen LogP contribution in [-0.2, 0) is 19.7 Å². The lowest BCUT2D eigenvalue weighted by atomic mass is 9.75. The Balaban J connectivity index is 0.000000383. The third-order valence-electron chi connectivity index (χ3n) is 5.42. The van der Waals surface area contributed by atoms with Crippen molar-refractivity contribution in [3.8, 4) is 0 Å². The Kier molecular flexibility index (Phi) is 6.68. The van der Waals surface area contributed by atoms with Gasteiger partial charge in [0.2, 0.25) is 11.9 Å². The number of carbonyl (C=O) groups is 3. The van der Waals surface area contributed by atoms with Gasteiger partial charge >= 0.3 is 12.1 Å². The van der Waals surface area contributed by atoms with Gasteiger partial charge in [0, 0.05) is 49.5 Å². The molecule has 2 aliphatic heterocycles. The van der Waals surface area contributed by atoms with Crippen LogP contribution in [0.1, 0.15) is 28.8 Å². The first kappa shape index (κ1) is 24.1. The van der Waals surface area contributed by atoms with Crippen molar-refractivity contribution in [2.24, 2.45) is 0 Å². The zero-order chi connectivity index (χ0) is 24.4. The number of carboxylic acid groups (broad SMARTS) is 1. The number of anilines is 2. The minimum atomic E-state index is -5.08. The molecule has 0 radical (unpaired) electrons. The molecule has 8 nitrogen and oxygen atoms in total. The summed E-state index contributed by atoms with van der Waals surface area (Å²) >= 11 is 0. The SMILES string of the molecule is CN1C(=O)C2(CCOCC2)c2cc(NC(=O)c3ccnc(F)c3)ccc21.O=C(O)C(F)(F)F. The number of ether oxygens (including phenoxy) is 1. The van der Waals surface area contributed by atoms with Crippen LogP contribution in [0.3, 0.4) is 0 Å². The fraction of sp³-hybridized carbons (Fsp3) is 0.333. The zero-order valence-corrected chi connectivity index (χ0v) is 17.3. The number of nitrogens with one attached hydrogen (secondary N) is 1. The van der Waals surface area contributed by atoms with Crippen molar-refractivity contribution in [3.05, 3.63) is 53.6 Å². The molecule has 176 valence electrons. The number of alkyl halides is 3. The van der Waals surface area contributed by atoms with Crippen molar-refractivity contribution < 1.29 is 41.8 Å². The van der Waals surface area contributed by atoms with E-state index in [0.29, 0.717) is 31.7 Å². The van der Waals surface area contributed by atoms with Gasteiger partial charge in [0.05, 0.1) is 5.41 Å². The van der Waals surface area contributed by atoms with Crippen LogP contribution in [0, 0.1) is 5.95 Å². The third-order valence-corrected chi connectivity index (χ3v) is 5.42. The topological polar surface area (TPSA) is 109 Å². The van der Waals surface area contributed by atoms with Crippen LogP contribution < -0.4 is 10.2 Å². The minimum absolute atomic E-state index is 0.0653. The lowest BCUT2D eigenvalue weighted by molar-refractivity contribution is -0.192. The van der Waals surface area contributed by atoms with Gasteiger partial charge < -0.3 is 20.1 Å². The molecule has 1 aromatic carbocycles. The Morgan fingerprint density at radius 1 is 1.18 bits per heavy atom. The number of aliphatic carboxylic acids is 1. The molecule has 4 rings (SSSR count). The van der Waals surface area contributed by atoms with E-state index in [1.165, 1.54) is 12.3 Å². The number of hydrogen-bond acceptors (Lipinski definition) is 5. The van der Waals surface area contributed by atoms with Crippen LogP contribution in [0.4, 0.5) is 28.9 Å². The molecule has 0 aliphatic carbocycles. The summed E-state index contributed by atoms with van der Waals surface area (Å²) in [6.45, 7) is 1.07. The first-order chi connectivity index (χ1) is 15.5. The van der Waals surface area contributed by atoms with Gasteiger partial charge in [-0.15, -0.1) is 0 Å². The maximum Gasteiger partial charge on any atom is 0.490 e. The number of halogens is 4. The van der Waals surface area contributed by atoms with Gasteiger partial charge in [0.25, 0.3) is 5.91 Å². The van der Waals surface area contributed by atoms with Crippen LogP contribution in [0.2, 0.25) is 0 Å². The van der Waals surface area contributed by atoms with E-state index in [2.05, 4.69) is 10.3 Å². The number of benzene rings is 1. The highest BCUT2D eigenvalue weighted by molar-refractivity contribution is 6.09. The van der Waals surface area contributed by atoms with Gasteiger partial charge in [-0.3, -0.25) is 9.59 Å². The minimum Gasteiger partial charge on any atom is -0.475 e. The van der Waals surface area contributed by atoms with Gasteiger partial charge in [0.15, 0.2) is 0 Å². The summed E-state index contributed by atoms with van der Waals surface area (Å²) in [5.41, 5.74) is 1.93. The molecular formula is C21H19F4N3O5. The van der Waals surface area contributed by atoms with Crippen molar-refractivity contribution in [1.29, 1.82) is 0 Å². The van der Waals surface area contributed by atoms with E-state index in [-0.39, 0.29) is 11.5 Å². The molecule has 0 saturated carbocycles. The van der Waals surface area contributed by atoms with E-state index in [0.717, 1.165) is 17.3 Å². The molecule has 12 heteroatoms. The second kappa shape index (κ2) is 9.14. The van der Waals surface area contributed by atoms with Gasteiger partial charge in [-0.25, -0.2) is 9.78 Å². The molecule has 0 unspecified atom stereocenters. The molecule has 0 bridgehead atoms. The molecule has 1 spiro atoms. The highest BCUT2D eigenvalue weighted by Gasteiger charge is 2.50. The summed E-state index contributed by atoms with van der Waals surface area (Å²) in [4.78, 5) is 39.2. The quantitative estimate of drug-likeness (QED) is 0.517. The van der Waals surface area contributed by atoms with Crippen LogP contribution >= 0.6 is 0 Å². The summed E-state index contributed by atoms with van der Waals surface area (Å²) in [6, 6.07) is 7.96. The Morgan fingerprint density at radius 3 is 2.39 bits per heavy atom. The lowest BCUT2D eigenvalue weighted by Gasteiger charge is -2.32. The standard InChI is InChI=1S/C19H18FN3O3.C2HF3O2/c1-23-15-3-2-13(22-17(24)12-4-7-21-16(20)10-12)11-14(15)19(18(23)25)5-8-26-9-6-19;3-2(4,5)1(6)7/h2-4,7,10-11H,5-6,8-9H2,1H3,(H,22,24);(H,6,7). The number of nitrogens with zero attached hydrogens (tertiary/aromatic N) is 2. The van der Waals surface area contributed by atoms with Gasteiger partial charge in [-0.05, 0) is 42.7 Å². The zero-order valence-electron chi connectivity index (χ0n) is 17.3. The molecule has 2 aromatic rings. The summed E-state index contributed by atoms with van der Waals surface area (Å²) in [6.07, 6.45) is -2.59. The molecular weight excluding hydrogens is 450 g/mol. The van der Waals surface area contributed by atoms with E-state index in [4.69, 9.17) is 14.6 Å². The molecule has 2 amide bonds. The monoisotopic (exact) mass is 469 g/mol. The number of rotatable bonds is 2.